The summed E-state index contributed by atoms with van der Waals surface area (Å²) in [6, 6.07) is 18.0. The third-order valence-corrected chi connectivity index (χ3v) is 11.5. The van der Waals surface area contributed by atoms with E-state index in [9.17, 15) is 19.5 Å². The Morgan fingerprint density at radius 1 is 0.943 bits per heavy atom. The van der Waals surface area contributed by atoms with E-state index in [4.69, 9.17) is 16.2 Å². The molecule has 12 heteroatoms. The highest BCUT2D eigenvalue weighted by Crippen LogP contribution is 2.33. The standard InChI is InChI=1S/C36H52N6O3.C5H7NO2/c1-39(29-15-20-40(21-16-29)19-12-28-13-22-41(23-14-28)30-8-4-3-5-9-30)35(44)36(45-2)17-24-42(25-18-36)31(27-37)26-33(38)32-10-6-7-11-34(32)43;7-4-2-1-3-5(8)6-4/h3-11,26-29,43H,12-25,37-38H2,1-2H3;1-3H2,(H,6,7,8)/b31-27+,33-26-;. The summed E-state index contributed by atoms with van der Waals surface area (Å²) in [6.07, 6.45) is 12.0. The number of nitrogens with zero attached hydrogens (tertiary/aromatic N) is 4. The number of nitrogens with two attached hydrogens (primary N) is 2. The van der Waals surface area contributed by atoms with Crippen LogP contribution in [0.5, 0.6) is 5.75 Å². The van der Waals surface area contributed by atoms with Gasteiger partial charge in [0.05, 0.1) is 5.70 Å². The van der Waals surface area contributed by atoms with Crippen LogP contribution in [0.1, 0.15) is 69.8 Å². The topological polar surface area (TPSA) is 158 Å². The fourth-order valence-corrected chi connectivity index (χ4v) is 8.02. The lowest BCUT2D eigenvalue weighted by Gasteiger charge is -2.45. The summed E-state index contributed by atoms with van der Waals surface area (Å²) < 4.78 is 5.99. The van der Waals surface area contributed by atoms with Crippen molar-refractivity contribution in [2.24, 2.45) is 17.4 Å². The fourth-order valence-electron chi connectivity index (χ4n) is 8.02. The first-order valence-corrected chi connectivity index (χ1v) is 19.2. The van der Waals surface area contributed by atoms with Crippen molar-refractivity contribution in [3.05, 3.63) is 78.1 Å². The highest BCUT2D eigenvalue weighted by atomic mass is 16.5. The van der Waals surface area contributed by atoms with Gasteiger partial charge in [-0.15, -0.1) is 0 Å². The van der Waals surface area contributed by atoms with Crippen molar-refractivity contribution < 1.29 is 24.2 Å². The number of methoxy groups -OCH3 is 1. The number of allylic oxidation sites excluding steroid dienone is 1. The van der Waals surface area contributed by atoms with Crippen LogP contribution in [0.2, 0.25) is 0 Å². The minimum atomic E-state index is -0.844. The Morgan fingerprint density at radius 3 is 2.13 bits per heavy atom. The molecule has 12 nitrogen and oxygen atoms in total. The van der Waals surface area contributed by atoms with Gasteiger partial charge in [-0.25, -0.2) is 0 Å². The molecule has 4 saturated heterocycles. The largest absolute Gasteiger partial charge is 0.507 e. The molecule has 0 aromatic heterocycles. The number of piperidine rings is 4. The Labute approximate surface area is 314 Å². The average Bonchev–Trinajstić information content (AvgIpc) is 3.19. The number of benzene rings is 2. The number of phenolic OH excluding ortho intramolecular Hbond substituents is 1. The van der Waals surface area contributed by atoms with Gasteiger partial charge in [0.1, 0.15) is 11.4 Å². The molecule has 288 valence electrons. The summed E-state index contributed by atoms with van der Waals surface area (Å²) in [5.41, 5.74) is 14.6. The van der Waals surface area contributed by atoms with Crippen molar-refractivity contribution in [2.45, 2.75) is 75.9 Å². The van der Waals surface area contributed by atoms with E-state index in [1.54, 1.807) is 31.4 Å². The quantitative estimate of drug-likeness (QED) is 0.208. The molecule has 0 unspecified atom stereocenters. The SMILES string of the molecule is COC1(C(=O)N(C)C2CCN(CCC3CCN(c4ccccc4)CC3)CC2)CCN(C(/C=C(\N)c2ccccc2O)=C/N)CC1.O=C1CCCC(=O)N1. The predicted molar refractivity (Wildman–Crippen MR) is 208 cm³/mol. The molecule has 53 heavy (non-hydrogen) atoms. The summed E-state index contributed by atoms with van der Waals surface area (Å²) in [7, 11) is 3.61. The zero-order valence-electron chi connectivity index (χ0n) is 31.6. The maximum absolute atomic E-state index is 13.9. The number of imide groups is 1. The number of carbonyl (C=O) groups is 3. The van der Waals surface area contributed by atoms with Crippen LogP contribution >= 0.6 is 0 Å². The molecule has 3 amide bonds. The maximum Gasteiger partial charge on any atom is 0.254 e. The Balaban J connectivity index is 0.000000599. The van der Waals surface area contributed by atoms with Crippen molar-refractivity contribution in [1.29, 1.82) is 0 Å². The summed E-state index contributed by atoms with van der Waals surface area (Å²) in [6.45, 7) is 6.75. The number of ether oxygens (including phenoxy) is 1. The third-order valence-electron chi connectivity index (χ3n) is 11.5. The van der Waals surface area contributed by atoms with Crippen molar-refractivity contribution in [1.82, 2.24) is 20.0 Å². The Bertz CT molecular complexity index is 1560. The summed E-state index contributed by atoms with van der Waals surface area (Å²) in [5, 5.41) is 12.4. The summed E-state index contributed by atoms with van der Waals surface area (Å²) in [5.74, 6) is 0.726. The van der Waals surface area contributed by atoms with Gasteiger partial charge in [0.2, 0.25) is 11.8 Å². The lowest BCUT2D eigenvalue weighted by molar-refractivity contribution is -0.162. The first-order chi connectivity index (χ1) is 25.6. The number of likely N-dealkylation sites (N-methyl/N-ethyl adjacent to an activating group) is 1. The first-order valence-electron chi connectivity index (χ1n) is 19.2. The van der Waals surface area contributed by atoms with Crippen LogP contribution in [0, 0.1) is 5.92 Å². The Morgan fingerprint density at radius 2 is 1.57 bits per heavy atom. The maximum atomic E-state index is 13.9. The smallest absolute Gasteiger partial charge is 0.254 e. The van der Waals surface area contributed by atoms with Crippen LogP contribution in [-0.2, 0) is 19.1 Å². The van der Waals surface area contributed by atoms with E-state index in [1.165, 1.54) is 31.1 Å². The highest BCUT2D eigenvalue weighted by Gasteiger charge is 2.45. The molecule has 4 fully saturated rings. The molecule has 0 aliphatic carbocycles. The van der Waals surface area contributed by atoms with Gasteiger partial charge < -0.3 is 40.9 Å². The van der Waals surface area contributed by atoms with E-state index in [0.717, 1.165) is 57.2 Å². The second-order valence-electron chi connectivity index (χ2n) is 14.8. The highest BCUT2D eigenvalue weighted by molar-refractivity contribution is 5.97. The van der Waals surface area contributed by atoms with E-state index < -0.39 is 5.60 Å². The van der Waals surface area contributed by atoms with E-state index in [-0.39, 0.29) is 29.5 Å². The van der Waals surface area contributed by atoms with Gasteiger partial charge in [-0.3, -0.25) is 19.7 Å². The number of phenols is 1. The van der Waals surface area contributed by atoms with Gasteiger partial charge in [0.25, 0.3) is 5.91 Å². The molecule has 4 aliphatic rings. The van der Waals surface area contributed by atoms with Gasteiger partial charge in [-0.05, 0) is 81.3 Å². The predicted octanol–water partition coefficient (Wildman–Crippen LogP) is 4.02. The van der Waals surface area contributed by atoms with Crippen LogP contribution < -0.4 is 21.7 Å². The van der Waals surface area contributed by atoms with Crippen molar-refractivity contribution in [3.63, 3.8) is 0 Å². The third kappa shape index (κ3) is 10.5. The number of hydrogen-bond acceptors (Lipinski definition) is 10. The van der Waals surface area contributed by atoms with Crippen molar-refractivity contribution >= 4 is 29.1 Å². The first kappa shape index (κ1) is 39.7. The lowest BCUT2D eigenvalue weighted by Crippen LogP contribution is -2.58. The minimum Gasteiger partial charge on any atom is -0.507 e. The molecule has 0 bridgehead atoms. The Kier molecular flexibility index (Phi) is 14.2. The number of hydrogen-bond donors (Lipinski definition) is 4. The number of carbonyl (C=O) groups excluding carboxylic acids is 3. The number of para-hydroxylation sites is 2. The normalized spacial score (nSPS) is 20.7. The molecule has 2 aromatic carbocycles. The monoisotopic (exact) mass is 729 g/mol. The van der Waals surface area contributed by atoms with E-state index in [1.807, 2.05) is 18.0 Å². The van der Waals surface area contributed by atoms with Crippen LogP contribution in [0.3, 0.4) is 0 Å². The number of aromatic hydroxyl groups is 1. The van der Waals surface area contributed by atoms with Crippen LogP contribution in [-0.4, -0.2) is 109 Å². The van der Waals surface area contributed by atoms with Gasteiger partial charge in [-0.2, -0.15) is 0 Å². The van der Waals surface area contributed by atoms with Crippen molar-refractivity contribution in [3.8, 4) is 5.75 Å². The molecule has 0 spiro atoms. The fraction of sp³-hybridized carbons (Fsp3) is 0.537. The van der Waals surface area contributed by atoms with E-state index >= 15 is 0 Å². The number of anilines is 1. The van der Waals surface area contributed by atoms with Crippen LogP contribution in [0.4, 0.5) is 5.69 Å². The lowest BCUT2D eigenvalue weighted by atomic mass is 9.88. The molecule has 0 radical (unpaired) electrons. The van der Waals surface area contributed by atoms with Gasteiger partial charge >= 0.3 is 0 Å². The molecule has 6 rings (SSSR count). The minimum absolute atomic E-state index is 0.0795. The molecule has 4 heterocycles. The number of nitrogens with one attached hydrogen (secondary N) is 1. The number of likely N-dealkylation sites (tertiary alicyclic amines) is 2. The van der Waals surface area contributed by atoms with Gasteiger partial charge in [0.15, 0.2) is 0 Å². The van der Waals surface area contributed by atoms with Gasteiger partial charge in [0, 0.05) is 108 Å². The Hall–Kier alpha value is -4.55. The molecule has 6 N–H and O–H groups in total. The van der Waals surface area contributed by atoms with Crippen molar-refractivity contribution in [2.75, 3.05) is 64.9 Å². The molecule has 2 aromatic rings. The summed E-state index contributed by atoms with van der Waals surface area (Å²) >= 11 is 0. The average molecular weight is 730 g/mol. The number of amides is 3. The molecular weight excluding hydrogens is 670 g/mol. The molecular formula is C41H59N7O5. The zero-order valence-corrected chi connectivity index (χ0v) is 31.6. The second-order valence-corrected chi connectivity index (χ2v) is 14.8. The molecule has 0 saturated carbocycles. The molecule has 0 atom stereocenters. The second kappa shape index (κ2) is 19.0. The van der Waals surface area contributed by atoms with Crippen LogP contribution in [0.15, 0.2) is 72.6 Å². The zero-order chi connectivity index (χ0) is 37.8. The van der Waals surface area contributed by atoms with Crippen LogP contribution in [0.25, 0.3) is 5.70 Å². The molecule has 4 aliphatic heterocycles. The number of rotatable bonds is 10. The van der Waals surface area contributed by atoms with Gasteiger partial charge in [-0.1, -0.05) is 30.3 Å². The van der Waals surface area contributed by atoms with E-state index in [0.29, 0.717) is 56.5 Å². The summed E-state index contributed by atoms with van der Waals surface area (Å²) in [4.78, 5) is 43.8. The van der Waals surface area contributed by atoms with E-state index in [2.05, 4.69) is 50.3 Å².